The van der Waals surface area contributed by atoms with Crippen LogP contribution < -0.4 is 5.56 Å². The molecule has 7 heteroatoms. The molecule has 0 unspecified atom stereocenters. The van der Waals surface area contributed by atoms with E-state index in [1.54, 1.807) is 25.1 Å². The van der Waals surface area contributed by atoms with Crippen LogP contribution >= 0.6 is 23.2 Å². The molecule has 3 rings (SSSR count). The van der Waals surface area contributed by atoms with Gasteiger partial charge in [0.1, 0.15) is 12.4 Å². The third kappa shape index (κ3) is 3.67. The van der Waals surface area contributed by atoms with Crippen molar-refractivity contribution in [2.45, 2.75) is 13.5 Å². The summed E-state index contributed by atoms with van der Waals surface area (Å²) < 4.78 is 6.71. The van der Waals surface area contributed by atoms with Crippen LogP contribution in [0, 0.1) is 6.92 Å². The molecule has 1 heterocycles. The van der Waals surface area contributed by atoms with Gasteiger partial charge < -0.3 is 4.74 Å². The molecule has 0 atom stereocenters. The molecule has 0 aliphatic heterocycles. The monoisotopic (exact) mass is 376 g/mol. The fraction of sp³-hybridized carbons (Fsp3) is 0.167. The summed E-state index contributed by atoms with van der Waals surface area (Å²) in [5, 5.41) is 1.17. The highest BCUT2D eigenvalue weighted by molar-refractivity contribution is 6.42. The summed E-state index contributed by atoms with van der Waals surface area (Å²) in [7, 11) is 0. The van der Waals surface area contributed by atoms with E-state index >= 15 is 0 Å². The lowest BCUT2D eigenvalue weighted by Crippen LogP contribution is -2.26. The molecule has 5 nitrogen and oxygen atoms in total. The summed E-state index contributed by atoms with van der Waals surface area (Å²) in [5.74, 6) is 0.0345. The van der Waals surface area contributed by atoms with Gasteiger partial charge in [-0.25, -0.2) is 9.78 Å². The van der Waals surface area contributed by atoms with E-state index in [0.29, 0.717) is 27.3 Å². The Morgan fingerprint density at radius 3 is 2.68 bits per heavy atom. The zero-order valence-electron chi connectivity index (χ0n) is 13.3. The normalized spacial score (nSPS) is 10.8. The molecule has 3 aromatic rings. The summed E-state index contributed by atoms with van der Waals surface area (Å²) in [4.78, 5) is 29.0. The largest absolute Gasteiger partial charge is 0.460 e. The molecule has 0 aliphatic rings. The summed E-state index contributed by atoms with van der Waals surface area (Å²) in [6, 6.07) is 11.6. The van der Waals surface area contributed by atoms with Crippen LogP contribution in [0.2, 0.25) is 10.0 Å². The van der Waals surface area contributed by atoms with Gasteiger partial charge in [-0.05, 0) is 37.3 Å². The average molecular weight is 377 g/mol. The Bertz CT molecular complexity index is 1010. The highest BCUT2D eigenvalue weighted by Gasteiger charge is 2.11. The molecular formula is C18H14Cl2N2O3. The van der Waals surface area contributed by atoms with Crippen molar-refractivity contribution < 1.29 is 9.53 Å². The number of para-hydroxylation sites is 1. The van der Waals surface area contributed by atoms with Crippen LogP contribution in [0.3, 0.4) is 0 Å². The maximum Gasteiger partial charge on any atom is 0.338 e. The van der Waals surface area contributed by atoms with Crippen molar-refractivity contribution in [3.8, 4) is 0 Å². The predicted molar refractivity (Wildman–Crippen MR) is 97.5 cm³/mol. The standard InChI is InChI=1S/C18H14Cl2N2O3/c1-11-21-16-5-3-2-4-13(16)17(23)22(11)8-9-25-18(24)12-6-7-14(19)15(20)10-12/h2-7,10H,8-9H2,1H3. The number of carbonyl (C=O) groups is 1. The van der Waals surface area contributed by atoms with E-state index < -0.39 is 5.97 Å². The van der Waals surface area contributed by atoms with Gasteiger partial charge in [-0.2, -0.15) is 0 Å². The fourth-order valence-electron chi connectivity index (χ4n) is 2.48. The van der Waals surface area contributed by atoms with Crippen LogP contribution in [0.25, 0.3) is 10.9 Å². The van der Waals surface area contributed by atoms with E-state index in [1.165, 1.54) is 22.8 Å². The Morgan fingerprint density at radius 1 is 1.16 bits per heavy atom. The van der Waals surface area contributed by atoms with Crippen LogP contribution in [-0.4, -0.2) is 22.1 Å². The van der Waals surface area contributed by atoms with Gasteiger partial charge in [0, 0.05) is 0 Å². The minimum Gasteiger partial charge on any atom is -0.460 e. The molecule has 0 amide bonds. The summed E-state index contributed by atoms with van der Waals surface area (Å²) >= 11 is 11.7. The lowest BCUT2D eigenvalue weighted by molar-refractivity contribution is 0.0489. The zero-order valence-corrected chi connectivity index (χ0v) is 14.8. The number of hydrogen-bond donors (Lipinski definition) is 0. The third-order valence-corrected chi connectivity index (χ3v) is 4.49. The Balaban J connectivity index is 1.74. The molecule has 0 saturated heterocycles. The maximum atomic E-state index is 12.5. The number of halogens is 2. The van der Waals surface area contributed by atoms with Gasteiger partial charge in [0.05, 0.1) is 33.1 Å². The number of rotatable bonds is 4. The first kappa shape index (κ1) is 17.5. The van der Waals surface area contributed by atoms with Gasteiger partial charge in [-0.1, -0.05) is 35.3 Å². The molecular weight excluding hydrogens is 363 g/mol. The predicted octanol–water partition coefficient (Wildman–Crippen LogP) is 3.87. The third-order valence-electron chi connectivity index (χ3n) is 3.76. The van der Waals surface area contributed by atoms with Crippen LogP contribution in [0.15, 0.2) is 47.3 Å². The van der Waals surface area contributed by atoms with Crippen molar-refractivity contribution in [1.29, 1.82) is 0 Å². The second-order valence-electron chi connectivity index (χ2n) is 5.40. The molecule has 0 saturated carbocycles. The smallest absolute Gasteiger partial charge is 0.338 e. The molecule has 0 bridgehead atoms. The second kappa shape index (κ2) is 7.25. The number of nitrogens with zero attached hydrogens (tertiary/aromatic N) is 2. The number of esters is 1. The van der Waals surface area contributed by atoms with Crippen molar-refractivity contribution in [2.75, 3.05) is 6.61 Å². The number of ether oxygens (including phenoxy) is 1. The molecule has 25 heavy (non-hydrogen) atoms. The van der Waals surface area contributed by atoms with Crippen molar-refractivity contribution in [3.05, 3.63) is 74.3 Å². The van der Waals surface area contributed by atoms with E-state index in [0.717, 1.165) is 0 Å². The van der Waals surface area contributed by atoms with E-state index in [1.807, 2.05) is 6.07 Å². The molecule has 0 N–H and O–H groups in total. The molecule has 1 aromatic heterocycles. The topological polar surface area (TPSA) is 61.2 Å². The highest BCUT2D eigenvalue weighted by atomic mass is 35.5. The van der Waals surface area contributed by atoms with Gasteiger partial charge in [0.2, 0.25) is 0 Å². The van der Waals surface area contributed by atoms with Crippen LogP contribution in [-0.2, 0) is 11.3 Å². The fourth-order valence-corrected chi connectivity index (χ4v) is 2.78. The van der Waals surface area contributed by atoms with E-state index in [9.17, 15) is 9.59 Å². The summed E-state index contributed by atoms with van der Waals surface area (Å²) in [6.45, 7) is 2.00. The average Bonchev–Trinajstić information content (AvgIpc) is 2.60. The number of fused-ring (bicyclic) bond motifs is 1. The Morgan fingerprint density at radius 2 is 1.92 bits per heavy atom. The van der Waals surface area contributed by atoms with Crippen molar-refractivity contribution in [1.82, 2.24) is 9.55 Å². The number of aromatic nitrogens is 2. The number of hydrogen-bond acceptors (Lipinski definition) is 4. The Kier molecular flexibility index (Phi) is 5.06. The van der Waals surface area contributed by atoms with Gasteiger partial charge in [0.25, 0.3) is 5.56 Å². The molecule has 0 fully saturated rings. The minimum atomic E-state index is -0.530. The van der Waals surface area contributed by atoms with Crippen molar-refractivity contribution in [2.24, 2.45) is 0 Å². The van der Waals surface area contributed by atoms with Gasteiger partial charge >= 0.3 is 5.97 Å². The molecule has 128 valence electrons. The maximum absolute atomic E-state index is 12.5. The van der Waals surface area contributed by atoms with E-state index in [4.69, 9.17) is 27.9 Å². The van der Waals surface area contributed by atoms with Crippen LogP contribution in [0.4, 0.5) is 0 Å². The second-order valence-corrected chi connectivity index (χ2v) is 6.21. The number of aryl methyl sites for hydroxylation is 1. The molecule has 0 radical (unpaired) electrons. The van der Waals surface area contributed by atoms with Crippen molar-refractivity contribution >= 4 is 40.1 Å². The van der Waals surface area contributed by atoms with Crippen molar-refractivity contribution in [3.63, 3.8) is 0 Å². The summed E-state index contributed by atoms with van der Waals surface area (Å²) in [5.41, 5.74) is 0.790. The van der Waals surface area contributed by atoms with E-state index in [-0.39, 0.29) is 23.7 Å². The van der Waals surface area contributed by atoms with Crippen LogP contribution in [0.5, 0.6) is 0 Å². The quantitative estimate of drug-likeness (QED) is 0.648. The van der Waals surface area contributed by atoms with E-state index in [2.05, 4.69) is 4.98 Å². The lowest BCUT2D eigenvalue weighted by atomic mass is 10.2. The Labute approximate surface area is 153 Å². The zero-order chi connectivity index (χ0) is 18.0. The van der Waals surface area contributed by atoms with Gasteiger partial charge in [-0.3, -0.25) is 9.36 Å². The molecule has 0 aliphatic carbocycles. The first-order chi connectivity index (χ1) is 12.0. The van der Waals surface area contributed by atoms with Gasteiger partial charge in [0.15, 0.2) is 0 Å². The molecule has 2 aromatic carbocycles. The molecule has 0 spiro atoms. The SMILES string of the molecule is Cc1nc2ccccc2c(=O)n1CCOC(=O)c1ccc(Cl)c(Cl)c1. The Hall–Kier alpha value is -2.37. The minimum absolute atomic E-state index is 0.0415. The number of benzene rings is 2. The summed E-state index contributed by atoms with van der Waals surface area (Å²) in [6.07, 6.45) is 0. The first-order valence-corrected chi connectivity index (χ1v) is 8.31. The lowest BCUT2D eigenvalue weighted by Gasteiger charge is -2.11. The number of carbonyl (C=O) groups excluding carboxylic acids is 1. The highest BCUT2D eigenvalue weighted by Crippen LogP contribution is 2.22. The first-order valence-electron chi connectivity index (χ1n) is 7.56. The van der Waals surface area contributed by atoms with Crippen LogP contribution in [0.1, 0.15) is 16.2 Å². The van der Waals surface area contributed by atoms with Gasteiger partial charge in [-0.15, -0.1) is 0 Å².